The second-order valence-corrected chi connectivity index (χ2v) is 4.55. The van der Waals surface area contributed by atoms with Crippen LogP contribution in [0.15, 0.2) is 18.5 Å². The van der Waals surface area contributed by atoms with Crippen molar-refractivity contribution in [2.24, 2.45) is 0 Å². The first-order chi connectivity index (χ1) is 9.22. The summed E-state index contributed by atoms with van der Waals surface area (Å²) in [6.45, 7) is 1.34. The van der Waals surface area contributed by atoms with Crippen molar-refractivity contribution in [1.29, 1.82) is 0 Å². The highest BCUT2D eigenvalue weighted by atomic mass is 16.5. The highest BCUT2D eigenvalue weighted by Crippen LogP contribution is 2.34. The van der Waals surface area contributed by atoms with Crippen molar-refractivity contribution < 1.29 is 14.3 Å². The lowest BCUT2D eigenvalue weighted by atomic mass is 10.1. The van der Waals surface area contributed by atoms with Gasteiger partial charge in [0, 0.05) is 24.6 Å². The van der Waals surface area contributed by atoms with Crippen molar-refractivity contribution >= 4 is 11.7 Å². The quantitative estimate of drug-likeness (QED) is 0.825. The number of hydrogen-bond acceptors (Lipinski definition) is 5. The summed E-state index contributed by atoms with van der Waals surface area (Å²) in [5.74, 6) is 0.342. The van der Waals surface area contributed by atoms with Crippen LogP contribution in [0.3, 0.4) is 0 Å². The third-order valence-corrected chi connectivity index (χ3v) is 3.48. The maximum atomic E-state index is 11.8. The third-order valence-electron chi connectivity index (χ3n) is 3.48. The number of rotatable bonds is 2. The Labute approximate surface area is 110 Å². The Kier molecular flexibility index (Phi) is 2.87. The molecule has 3 heterocycles. The van der Waals surface area contributed by atoms with E-state index in [4.69, 9.17) is 15.2 Å². The van der Waals surface area contributed by atoms with Crippen molar-refractivity contribution in [2.75, 3.05) is 26.1 Å². The summed E-state index contributed by atoms with van der Waals surface area (Å²) in [5.41, 5.74) is 7.58. The summed E-state index contributed by atoms with van der Waals surface area (Å²) in [6, 6.07) is 1.99. The average Bonchev–Trinajstić information content (AvgIpc) is 3.09. The number of nitrogen functional groups attached to an aromatic ring is 1. The molecule has 3 aliphatic heterocycles. The highest BCUT2D eigenvalue weighted by molar-refractivity contribution is 5.98. The van der Waals surface area contributed by atoms with Crippen LogP contribution in [-0.4, -0.2) is 35.8 Å². The molecule has 6 heteroatoms. The van der Waals surface area contributed by atoms with Crippen LogP contribution in [0.4, 0.5) is 5.69 Å². The van der Waals surface area contributed by atoms with Crippen LogP contribution >= 0.6 is 0 Å². The molecule has 0 bridgehead atoms. The van der Waals surface area contributed by atoms with E-state index >= 15 is 0 Å². The smallest absolute Gasteiger partial charge is 0.341 e. The molecular weight excluding hydrogens is 246 g/mol. The van der Waals surface area contributed by atoms with Crippen LogP contribution in [0.25, 0.3) is 11.4 Å². The summed E-state index contributed by atoms with van der Waals surface area (Å²) in [7, 11) is 1.35. The highest BCUT2D eigenvalue weighted by Gasteiger charge is 2.26. The van der Waals surface area contributed by atoms with Crippen LogP contribution in [0.5, 0.6) is 0 Å². The van der Waals surface area contributed by atoms with Gasteiger partial charge < -0.3 is 19.8 Å². The number of carbonyl (C=O) groups excluding carboxylic acids is 1. The minimum absolute atomic E-state index is 0.182. The molecule has 1 saturated heterocycles. The first kappa shape index (κ1) is 12.0. The Balaban J connectivity index is 2.18. The third kappa shape index (κ3) is 1.84. The van der Waals surface area contributed by atoms with Crippen molar-refractivity contribution in [1.82, 2.24) is 9.55 Å². The summed E-state index contributed by atoms with van der Waals surface area (Å²) in [4.78, 5) is 16.1. The lowest BCUT2D eigenvalue weighted by molar-refractivity contribution is 0.0600. The van der Waals surface area contributed by atoms with Gasteiger partial charge >= 0.3 is 5.97 Å². The Morgan fingerprint density at radius 3 is 3.16 bits per heavy atom. The molecule has 0 amide bonds. The van der Waals surface area contributed by atoms with E-state index in [0.717, 1.165) is 24.4 Å². The summed E-state index contributed by atoms with van der Waals surface area (Å²) >= 11 is 0. The number of esters is 1. The zero-order valence-electron chi connectivity index (χ0n) is 10.6. The van der Waals surface area contributed by atoms with Crippen LogP contribution < -0.4 is 5.73 Å². The number of methoxy groups -OCH3 is 1. The zero-order chi connectivity index (χ0) is 13.4. The minimum atomic E-state index is -0.437. The SMILES string of the molecule is COC(=O)c1cn(C2CCOC2)c2nccc-2c1N. The monoisotopic (exact) mass is 261 g/mol. The van der Waals surface area contributed by atoms with Gasteiger partial charge in [-0.2, -0.15) is 0 Å². The molecule has 3 rings (SSSR count). The molecule has 1 atom stereocenters. The molecule has 19 heavy (non-hydrogen) atoms. The summed E-state index contributed by atoms with van der Waals surface area (Å²) < 4.78 is 12.1. The van der Waals surface area contributed by atoms with E-state index in [9.17, 15) is 4.79 Å². The van der Waals surface area contributed by atoms with Gasteiger partial charge in [-0.25, -0.2) is 9.78 Å². The molecule has 0 radical (unpaired) electrons. The fraction of sp³-hybridized carbons (Fsp3) is 0.385. The lowest BCUT2D eigenvalue weighted by Crippen LogP contribution is -2.17. The molecule has 1 unspecified atom stereocenters. The van der Waals surface area contributed by atoms with Crippen molar-refractivity contribution in [3.8, 4) is 11.4 Å². The molecule has 3 aliphatic rings. The molecule has 0 saturated carbocycles. The van der Waals surface area contributed by atoms with E-state index in [1.165, 1.54) is 7.11 Å². The summed E-state index contributed by atoms with van der Waals surface area (Å²) in [5, 5.41) is 0. The Morgan fingerprint density at radius 2 is 2.47 bits per heavy atom. The molecule has 0 aromatic heterocycles. The maximum absolute atomic E-state index is 11.8. The second kappa shape index (κ2) is 4.55. The molecule has 6 nitrogen and oxygen atoms in total. The van der Waals surface area contributed by atoms with E-state index in [1.54, 1.807) is 12.4 Å². The number of nitrogens with zero attached hydrogens (tertiary/aromatic N) is 2. The fourth-order valence-electron chi connectivity index (χ4n) is 2.45. The first-order valence-corrected chi connectivity index (χ1v) is 6.13. The van der Waals surface area contributed by atoms with E-state index in [2.05, 4.69) is 4.98 Å². The molecular formula is C13H15N3O3. The van der Waals surface area contributed by atoms with Crippen LogP contribution in [-0.2, 0) is 9.47 Å². The van der Waals surface area contributed by atoms with Gasteiger partial charge in [0.2, 0.25) is 0 Å². The van der Waals surface area contributed by atoms with Gasteiger partial charge in [-0.05, 0) is 12.5 Å². The van der Waals surface area contributed by atoms with Gasteiger partial charge in [0.05, 0.1) is 31.0 Å². The number of pyridine rings is 1. The van der Waals surface area contributed by atoms with E-state index in [-0.39, 0.29) is 6.04 Å². The number of anilines is 1. The van der Waals surface area contributed by atoms with Gasteiger partial charge in [-0.3, -0.25) is 0 Å². The Hall–Kier alpha value is -2.08. The molecule has 2 N–H and O–H groups in total. The van der Waals surface area contributed by atoms with Gasteiger partial charge in [0.25, 0.3) is 0 Å². The molecule has 0 aliphatic carbocycles. The standard InChI is InChI=1S/C13H15N3O3/c1-18-13(17)10-6-16(8-3-5-19-7-8)12-9(11(10)14)2-4-15-12/h2,4,6,8H,3,5,7,14H2,1H3. The molecule has 0 spiro atoms. The van der Waals surface area contributed by atoms with Gasteiger partial charge in [-0.1, -0.05) is 0 Å². The first-order valence-electron chi connectivity index (χ1n) is 6.13. The number of ether oxygens (including phenoxy) is 2. The average molecular weight is 261 g/mol. The predicted octanol–water partition coefficient (Wildman–Crippen LogP) is 1.32. The molecule has 0 aromatic carbocycles. The second-order valence-electron chi connectivity index (χ2n) is 4.55. The Bertz CT molecular complexity index is 587. The van der Waals surface area contributed by atoms with Crippen LogP contribution in [0.2, 0.25) is 0 Å². The van der Waals surface area contributed by atoms with Crippen LogP contribution in [0.1, 0.15) is 22.8 Å². The number of hydrogen-bond donors (Lipinski definition) is 1. The van der Waals surface area contributed by atoms with Gasteiger partial charge in [-0.15, -0.1) is 0 Å². The molecule has 0 aromatic rings. The number of carbonyl (C=O) groups is 1. The zero-order valence-corrected chi connectivity index (χ0v) is 10.6. The van der Waals surface area contributed by atoms with Gasteiger partial charge in [0.15, 0.2) is 0 Å². The molecule has 100 valence electrons. The van der Waals surface area contributed by atoms with E-state index < -0.39 is 5.97 Å². The number of aromatic nitrogens is 2. The summed E-state index contributed by atoms with van der Waals surface area (Å²) in [6.07, 6.45) is 4.31. The predicted molar refractivity (Wildman–Crippen MR) is 69.1 cm³/mol. The van der Waals surface area contributed by atoms with E-state index in [0.29, 0.717) is 17.9 Å². The van der Waals surface area contributed by atoms with Crippen molar-refractivity contribution in [3.05, 3.63) is 24.0 Å². The van der Waals surface area contributed by atoms with Crippen LogP contribution in [0, 0.1) is 0 Å². The number of fused-ring (bicyclic) bond motifs is 1. The van der Waals surface area contributed by atoms with Crippen molar-refractivity contribution in [3.63, 3.8) is 0 Å². The topological polar surface area (TPSA) is 79.4 Å². The lowest BCUT2D eigenvalue weighted by Gasteiger charge is -2.20. The normalized spacial score (nSPS) is 18.9. The number of nitrogens with two attached hydrogens (primary N) is 1. The van der Waals surface area contributed by atoms with Gasteiger partial charge in [0.1, 0.15) is 5.82 Å². The fourth-order valence-corrected chi connectivity index (χ4v) is 2.45. The molecule has 1 fully saturated rings. The van der Waals surface area contributed by atoms with Crippen molar-refractivity contribution in [2.45, 2.75) is 12.5 Å². The Morgan fingerprint density at radius 1 is 1.63 bits per heavy atom. The maximum Gasteiger partial charge on any atom is 0.341 e. The largest absolute Gasteiger partial charge is 0.465 e. The minimum Gasteiger partial charge on any atom is -0.465 e. The van der Waals surface area contributed by atoms with E-state index in [1.807, 2.05) is 10.6 Å².